The number of piperazine rings is 1. The minimum absolute atomic E-state index is 0.290. The summed E-state index contributed by atoms with van der Waals surface area (Å²) in [4.78, 5) is 28.1. The van der Waals surface area contributed by atoms with E-state index in [4.69, 9.17) is 21.3 Å². The number of hydrogen-bond acceptors (Lipinski definition) is 10. The van der Waals surface area contributed by atoms with Crippen LogP contribution in [0.1, 0.15) is 0 Å². The Hall–Kier alpha value is -4.49. The Kier molecular flexibility index (Phi) is 9.75. The molecule has 1 aromatic carbocycles. The molecule has 1 atom stereocenters. The monoisotopic (exact) mass is 617 g/mol. The van der Waals surface area contributed by atoms with E-state index in [1.807, 2.05) is 54.4 Å². The van der Waals surface area contributed by atoms with Gasteiger partial charge in [0.1, 0.15) is 12.0 Å². The van der Waals surface area contributed by atoms with Crippen molar-refractivity contribution in [3.05, 3.63) is 78.8 Å². The summed E-state index contributed by atoms with van der Waals surface area (Å²) in [6, 6.07) is 9.44. The first kappa shape index (κ1) is 31.0. The van der Waals surface area contributed by atoms with Crippen molar-refractivity contribution in [3.8, 4) is 17.0 Å². The molecule has 0 radical (unpaired) electrons. The number of hydrogen-bond donors (Lipinski definition) is 3. The lowest BCUT2D eigenvalue weighted by molar-refractivity contribution is -0.111. The summed E-state index contributed by atoms with van der Waals surface area (Å²) in [6.45, 7) is 6.81. The summed E-state index contributed by atoms with van der Waals surface area (Å²) >= 11 is 6.53. The molecule has 1 aliphatic heterocycles. The number of allylic oxidation sites excluding steroid dienone is 2. The predicted octanol–water partition coefficient (Wildman–Crippen LogP) is 3.88. The quantitative estimate of drug-likeness (QED) is 0.169. The Morgan fingerprint density at radius 3 is 2.73 bits per heavy atom. The standard InChI is InChI=1S/C31H36ClN9O3/c1-5-6-10-28(42)35-23-16-24(27(44-4)17-26(23)39-12-14-40(15-13-39)29(43)20-38(2)3)36-31-33-19-22(32)30(37-31)21-18-34-41-11-8-7-9-25(21)41/h5-11,16-19,29,43H,1,12-15,20H2,2-4H3,(H,35,42)(H,33,36,37)/b10-6-. The highest BCUT2D eigenvalue weighted by Gasteiger charge is 2.26. The number of aliphatic hydroxyl groups is 1. The normalized spacial score (nSPS) is 14.7. The molecule has 3 N–H and O–H groups in total. The van der Waals surface area contributed by atoms with Gasteiger partial charge in [-0.05, 0) is 32.3 Å². The molecule has 1 saturated heterocycles. The average molecular weight is 618 g/mol. The van der Waals surface area contributed by atoms with Crippen molar-refractivity contribution in [2.75, 3.05) is 69.5 Å². The van der Waals surface area contributed by atoms with E-state index in [-0.39, 0.29) is 11.9 Å². The average Bonchev–Trinajstić information content (AvgIpc) is 3.45. The van der Waals surface area contributed by atoms with E-state index in [9.17, 15) is 9.90 Å². The van der Waals surface area contributed by atoms with E-state index in [1.54, 1.807) is 36.0 Å². The number of carbonyl (C=O) groups is 1. The van der Waals surface area contributed by atoms with E-state index in [0.717, 1.165) is 16.8 Å². The molecule has 1 aliphatic rings. The van der Waals surface area contributed by atoms with Crippen LogP contribution >= 0.6 is 11.6 Å². The number of rotatable bonds is 11. The van der Waals surface area contributed by atoms with Gasteiger partial charge in [-0.25, -0.2) is 14.5 Å². The highest BCUT2D eigenvalue weighted by molar-refractivity contribution is 6.33. The van der Waals surface area contributed by atoms with E-state index in [2.05, 4.69) is 32.2 Å². The summed E-state index contributed by atoms with van der Waals surface area (Å²) in [7, 11) is 5.46. The Bertz CT molecular complexity index is 1660. The molecule has 3 aromatic heterocycles. The Morgan fingerprint density at radius 1 is 1.20 bits per heavy atom. The third kappa shape index (κ3) is 7.00. The SMILES string of the molecule is C=C/C=C\C(=O)Nc1cc(Nc2ncc(Cl)c(-c3cnn4ccccc34)n2)c(OC)cc1N1CCN(C(O)CN(C)C)CC1. The van der Waals surface area contributed by atoms with E-state index < -0.39 is 6.23 Å². The van der Waals surface area contributed by atoms with Crippen molar-refractivity contribution in [1.82, 2.24) is 29.4 Å². The molecule has 5 rings (SSSR count). The second kappa shape index (κ2) is 13.9. The number of ether oxygens (including phenoxy) is 1. The summed E-state index contributed by atoms with van der Waals surface area (Å²) in [5.41, 5.74) is 4.06. The van der Waals surface area contributed by atoms with Gasteiger partial charge in [-0.3, -0.25) is 9.69 Å². The molecule has 12 nitrogen and oxygen atoms in total. The maximum absolute atomic E-state index is 12.8. The molecular weight excluding hydrogens is 582 g/mol. The number of pyridine rings is 1. The zero-order valence-corrected chi connectivity index (χ0v) is 25.7. The van der Waals surface area contributed by atoms with Crippen LogP contribution in [0.4, 0.5) is 23.0 Å². The molecule has 1 fully saturated rings. The number of anilines is 4. The Morgan fingerprint density at radius 2 is 2.00 bits per heavy atom. The van der Waals surface area contributed by atoms with Crippen LogP contribution in [0, 0.1) is 0 Å². The van der Waals surface area contributed by atoms with Gasteiger partial charge in [0.15, 0.2) is 0 Å². The van der Waals surface area contributed by atoms with Crippen LogP contribution in [-0.2, 0) is 4.79 Å². The molecule has 0 saturated carbocycles. The highest BCUT2D eigenvalue weighted by atomic mass is 35.5. The van der Waals surface area contributed by atoms with Gasteiger partial charge in [-0.2, -0.15) is 5.10 Å². The number of likely N-dealkylation sites (N-methyl/N-ethyl adjacent to an activating group) is 1. The fourth-order valence-electron chi connectivity index (χ4n) is 5.08. The number of amides is 1. The molecule has 1 unspecified atom stereocenters. The van der Waals surface area contributed by atoms with Crippen LogP contribution in [0.15, 0.2) is 73.7 Å². The number of aliphatic hydroxyl groups excluding tert-OH is 1. The predicted molar refractivity (Wildman–Crippen MR) is 174 cm³/mol. The van der Waals surface area contributed by atoms with E-state index in [0.29, 0.717) is 60.6 Å². The van der Waals surface area contributed by atoms with Crippen molar-refractivity contribution in [2.45, 2.75) is 6.23 Å². The lowest BCUT2D eigenvalue weighted by atomic mass is 10.1. The molecule has 0 aliphatic carbocycles. The minimum atomic E-state index is -0.554. The Balaban J connectivity index is 1.46. The van der Waals surface area contributed by atoms with Crippen molar-refractivity contribution in [2.24, 2.45) is 0 Å². The molecule has 44 heavy (non-hydrogen) atoms. The first-order chi connectivity index (χ1) is 21.3. The maximum atomic E-state index is 12.8. The van der Waals surface area contributed by atoms with Gasteiger partial charge in [0.25, 0.3) is 0 Å². The zero-order chi connectivity index (χ0) is 31.2. The smallest absolute Gasteiger partial charge is 0.248 e. The van der Waals surface area contributed by atoms with Crippen LogP contribution in [0.25, 0.3) is 16.8 Å². The number of halogens is 1. The molecular formula is C31H36ClN9O3. The number of nitrogens with zero attached hydrogens (tertiary/aromatic N) is 7. The van der Waals surface area contributed by atoms with Crippen LogP contribution < -0.4 is 20.3 Å². The van der Waals surface area contributed by atoms with Crippen molar-refractivity contribution in [3.63, 3.8) is 0 Å². The summed E-state index contributed by atoms with van der Waals surface area (Å²) in [5.74, 6) is 0.518. The number of nitrogens with one attached hydrogen (secondary N) is 2. The zero-order valence-electron chi connectivity index (χ0n) is 24.9. The van der Waals surface area contributed by atoms with Gasteiger partial charge >= 0.3 is 0 Å². The molecule has 4 heterocycles. The highest BCUT2D eigenvalue weighted by Crippen LogP contribution is 2.39. The number of carbonyl (C=O) groups excluding carboxylic acids is 1. The topological polar surface area (TPSA) is 123 Å². The van der Waals surface area contributed by atoms with Crippen molar-refractivity contribution >= 4 is 46.0 Å². The number of fused-ring (bicyclic) bond motifs is 1. The van der Waals surface area contributed by atoms with Gasteiger partial charge in [0.2, 0.25) is 11.9 Å². The van der Waals surface area contributed by atoms with Crippen LogP contribution in [0.2, 0.25) is 5.02 Å². The Labute approximate surface area is 261 Å². The minimum Gasteiger partial charge on any atom is -0.494 e. The third-order valence-corrected chi connectivity index (χ3v) is 7.51. The van der Waals surface area contributed by atoms with Crippen LogP contribution in [0.5, 0.6) is 5.75 Å². The lowest BCUT2D eigenvalue weighted by Gasteiger charge is -2.39. The molecule has 230 valence electrons. The molecule has 13 heteroatoms. The van der Waals surface area contributed by atoms with E-state index in [1.165, 1.54) is 12.3 Å². The van der Waals surface area contributed by atoms with Gasteiger partial charge in [-0.1, -0.05) is 36.4 Å². The van der Waals surface area contributed by atoms with Gasteiger partial charge in [0.05, 0.1) is 52.8 Å². The molecule has 0 bridgehead atoms. The van der Waals surface area contributed by atoms with E-state index >= 15 is 0 Å². The largest absolute Gasteiger partial charge is 0.494 e. The molecule has 0 spiro atoms. The number of aromatic nitrogens is 4. The van der Waals surface area contributed by atoms with Crippen molar-refractivity contribution in [1.29, 1.82) is 0 Å². The molecule has 1 amide bonds. The first-order valence-corrected chi connectivity index (χ1v) is 14.5. The van der Waals surface area contributed by atoms with Gasteiger partial charge < -0.3 is 30.3 Å². The number of methoxy groups -OCH3 is 1. The second-order valence-corrected chi connectivity index (χ2v) is 10.9. The fraction of sp³-hybridized carbons (Fsp3) is 0.290. The summed E-state index contributed by atoms with van der Waals surface area (Å²) in [5, 5.41) is 21.6. The van der Waals surface area contributed by atoms with Crippen molar-refractivity contribution < 1.29 is 14.6 Å². The summed E-state index contributed by atoms with van der Waals surface area (Å²) in [6.07, 6.45) is 9.07. The summed E-state index contributed by atoms with van der Waals surface area (Å²) < 4.78 is 7.53. The second-order valence-electron chi connectivity index (χ2n) is 10.5. The fourth-order valence-corrected chi connectivity index (χ4v) is 5.28. The first-order valence-electron chi connectivity index (χ1n) is 14.1. The molecule has 4 aromatic rings. The lowest BCUT2D eigenvalue weighted by Crippen LogP contribution is -2.52. The number of benzene rings is 1. The maximum Gasteiger partial charge on any atom is 0.248 e. The van der Waals surface area contributed by atoms with Crippen LogP contribution in [0.3, 0.4) is 0 Å². The van der Waals surface area contributed by atoms with Gasteiger partial charge in [0, 0.05) is 56.6 Å². The third-order valence-electron chi connectivity index (χ3n) is 7.24. The van der Waals surface area contributed by atoms with Gasteiger partial charge in [-0.15, -0.1) is 0 Å². The van der Waals surface area contributed by atoms with Crippen LogP contribution in [-0.4, -0.2) is 101 Å².